The number of hydrogen-bond acceptors (Lipinski definition) is 8. The summed E-state index contributed by atoms with van der Waals surface area (Å²) in [6.07, 6.45) is 2.47. The Balaban J connectivity index is 1.78. The number of sulfone groups is 1. The third-order valence-corrected chi connectivity index (χ3v) is 6.42. The normalized spacial score (nSPS) is 11.5. The second-order valence-corrected chi connectivity index (χ2v) is 8.97. The molecule has 0 saturated heterocycles. The van der Waals surface area contributed by atoms with Crippen LogP contribution >= 0.6 is 11.3 Å². The predicted octanol–water partition coefficient (Wildman–Crippen LogP) is 3.64. The van der Waals surface area contributed by atoms with Crippen LogP contribution in [0.3, 0.4) is 0 Å². The molecule has 8 nitrogen and oxygen atoms in total. The number of aromatic nitrogens is 1. The minimum atomic E-state index is -3.52. The Labute approximate surface area is 153 Å². The van der Waals surface area contributed by atoms with Gasteiger partial charge in [-0.15, -0.1) is 0 Å². The van der Waals surface area contributed by atoms with Crippen LogP contribution in [0, 0.1) is 17.0 Å². The van der Waals surface area contributed by atoms with Gasteiger partial charge >= 0.3 is 5.69 Å². The molecule has 0 fully saturated rings. The largest absolute Gasteiger partial charge is 0.444 e. The Morgan fingerprint density at radius 3 is 2.62 bits per heavy atom. The zero-order chi connectivity index (χ0) is 18.9. The molecule has 3 aromatic rings. The van der Waals surface area contributed by atoms with E-state index in [0.29, 0.717) is 11.6 Å². The van der Waals surface area contributed by atoms with E-state index < -0.39 is 14.8 Å². The fourth-order valence-corrected chi connectivity index (χ4v) is 4.13. The van der Waals surface area contributed by atoms with Gasteiger partial charge in [0.15, 0.2) is 14.8 Å². The van der Waals surface area contributed by atoms with Crippen LogP contribution in [0.15, 0.2) is 45.2 Å². The van der Waals surface area contributed by atoms with Gasteiger partial charge in [-0.05, 0) is 19.1 Å². The third kappa shape index (κ3) is 3.92. The molecule has 0 aliphatic rings. The second-order valence-electron chi connectivity index (χ2n) is 5.67. The molecule has 0 spiro atoms. The number of aryl methyl sites for hydroxylation is 1. The van der Waals surface area contributed by atoms with Crippen molar-refractivity contribution in [2.75, 3.05) is 11.6 Å². The van der Waals surface area contributed by atoms with Crippen LogP contribution in [0.25, 0.3) is 11.5 Å². The fourth-order valence-electron chi connectivity index (χ4n) is 2.19. The minimum absolute atomic E-state index is 0.0628. The molecule has 0 aliphatic carbocycles. The molecule has 3 rings (SSSR count). The molecule has 0 radical (unpaired) electrons. The number of hydrogen-bond donors (Lipinski definition) is 1. The van der Waals surface area contributed by atoms with E-state index in [0.717, 1.165) is 34.8 Å². The van der Waals surface area contributed by atoms with E-state index in [1.807, 2.05) is 31.2 Å². The van der Waals surface area contributed by atoms with Crippen molar-refractivity contribution in [2.45, 2.75) is 17.7 Å². The van der Waals surface area contributed by atoms with Crippen molar-refractivity contribution in [3.63, 3.8) is 0 Å². The molecule has 136 valence electrons. The lowest BCUT2D eigenvalue weighted by molar-refractivity contribution is -0.383. The molecule has 0 unspecified atom stereocenters. The van der Waals surface area contributed by atoms with Crippen molar-refractivity contribution in [3.05, 3.63) is 58.0 Å². The summed E-state index contributed by atoms with van der Waals surface area (Å²) >= 11 is 0.820. The molecule has 26 heavy (non-hydrogen) atoms. The zero-order valence-electron chi connectivity index (χ0n) is 13.9. The third-order valence-electron chi connectivity index (χ3n) is 3.53. The maximum absolute atomic E-state index is 11.6. The summed E-state index contributed by atoms with van der Waals surface area (Å²) in [7, 11) is -3.52. The van der Waals surface area contributed by atoms with Crippen molar-refractivity contribution < 1.29 is 17.8 Å². The van der Waals surface area contributed by atoms with Gasteiger partial charge in [0.25, 0.3) is 0 Å². The highest BCUT2D eigenvalue weighted by Crippen LogP contribution is 2.37. The molecule has 0 atom stereocenters. The number of oxazole rings is 1. The lowest BCUT2D eigenvalue weighted by Gasteiger charge is -2.00. The molecule has 0 bridgehead atoms. The van der Waals surface area contributed by atoms with Crippen LogP contribution in [-0.4, -0.2) is 24.6 Å². The van der Waals surface area contributed by atoms with Gasteiger partial charge in [0.05, 0.1) is 17.2 Å². The Bertz CT molecular complexity index is 1050. The first-order chi connectivity index (χ1) is 12.2. The van der Waals surface area contributed by atoms with E-state index in [9.17, 15) is 18.5 Å². The summed E-state index contributed by atoms with van der Waals surface area (Å²) in [5.74, 6) is 0.444. The maximum atomic E-state index is 11.6. The summed E-state index contributed by atoms with van der Waals surface area (Å²) in [4.78, 5) is 14.9. The number of rotatable bonds is 6. The Kier molecular flexibility index (Phi) is 4.79. The standard InChI is InChI=1S/C16H15N3O5S2/c1-10-3-5-11(6-4-10)15-18-12(9-24-15)8-17-16-13(19(20)21)7-14(25-16)26(2,22)23/h3-7,9,17H,8H2,1-2H3. The summed E-state index contributed by atoms with van der Waals surface area (Å²) in [6, 6.07) is 8.73. The molecule has 2 heterocycles. The first-order valence-electron chi connectivity index (χ1n) is 7.47. The molecule has 1 aromatic carbocycles. The number of benzene rings is 1. The van der Waals surface area contributed by atoms with Crippen LogP contribution in [0.1, 0.15) is 11.3 Å². The van der Waals surface area contributed by atoms with Crippen LogP contribution in [0.2, 0.25) is 0 Å². The van der Waals surface area contributed by atoms with Gasteiger partial charge < -0.3 is 9.73 Å². The molecule has 1 N–H and O–H groups in total. The van der Waals surface area contributed by atoms with Gasteiger partial charge in [0.2, 0.25) is 5.89 Å². The minimum Gasteiger partial charge on any atom is -0.444 e. The van der Waals surface area contributed by atoms with Gasteiger partial charge in [0.1, 0.15) is 10.5 Å². The lowest BCUT2D eigenvalue weighted by atomic mass is 10.1. The summed E-state index contributed by atoms with van der Waals surface area (Å²) in [6.45, 7) is 2.15. The highest BCUT2D eigenvalue weighted by molar-refractivity contribution is 7.92. The van der Waals surface area contributed by atoms with Crippen LogP contribution in [0.4, 0.5) is 10.7 Å². The van der Waals surface area contributed by atoms with E-state index in [1.165, 1.54) is 6.26 Å². The molecule has 10 heteroatoms. The molecule has 2 aromatic heterocycles. The van der Waals surface area contributed by atoms with E-state index in [4.69, 9.17) is 4.42 Å². The summed E-state index contributed by atoms with van der Waals surface area (Å²) in [5, 5.41) is 14.2. The number of nitro groups is 1. The highest BCUT2D eigenvalue weighted by Gasteiger charge is 2.23. The Morgan fingerprint density at radius 2 is 2.00 bits per heavy atom. The van der Waals surface area contributed by atoms with Crippen molar-refractivity contribution in [1.29, 1.82) is 0 Å². The second kappa shape index (κ2) is 6.89. The predicted molar refractivity (Wildman–Crippen MR) is 98.1 cm³/mol. The monoisotopic (exact) mass is 393 g/mol. The number of anilines is 1. The number of thiophene rings is 1. The first kappa shape index (κ1) is 18.1. The zero-order valence-corrected chi connectivity index (χ0v) is 15.6. The van der Waals surface area contributed by atoms with Crippen molar-refractivity contribution in [3.8, 4) is 11.5 Å². The fraction of sp³-hybridized carbons (Fsp3) is 0.188. The summed E-state index contributed by atoms with van der Waals surface area (Å²) < 4.78 is 28.6. The highest BCUT2D eigenvalue weighted by atomic mass is 32.2. The maximum Gasteiger partial charge on any atom is 0.304 e. The van der Waals surface area contributed by atoms with Crippen LogP contribution in [0.5, 0.6) is 0 Å². The lowest BCUT2D eigenvalue weighted by Crippen LogP contribution is -2.00. The average molecular weight is 393 g/mol. The van der Waals surface area contributed by atoms with Crippen LogP contribution < -0.4 is 5.32 Å². The van der Waals surface area contributed by atoms with E-state index >= 15 is 0 Å². The smallest absolute Gasteiger partial charge is 0.304 e. The van der Waals surface area contributed by atoms with Crippen molar-refractivity contribution in [2.24, 2.45) is 0 Å². The SMILES string of the molecule is Cc1ccc(-c2nc(CNc3sc(S(C)(=O)=O)cc3[N+](=O)[O-])co2)cc1. The van der Waals surface area contributed by atoms with Crippen molar-refractivity contribution >= 4 is 31.9 Å². The number of nitrogens with one attached hydrogen (secondary N) is 1. The van der Waals surface area contributed by atoms with Gasteiger partial charge in [-0.3, -0.25) is 10.1 Å². The molecule has 0 amide bonds. The Morgan fingerprint density at radius 1 is 1.31 bits per heavy atom. The molecular weight excluding hydrogens is 378 g/mol. The van der Waals surface area contributed by atoms with Gasteiger partial charge in [-0.2, -0.15) is 0 Å². The van der Waals surface area contributed by atoms with Gasteiger partial charge in [-0.1, -0.05) is 29.0 Å². The van der Waals surface area contributed by atoms with Crippen LogP contribution in [-0.2, 0) is 16.4 Å². The van der Waals surface area contributed by atoms with E-state index in [1.54, 1.807) is 0 Å². The van der Waals surface area contributed by atoms with E-state index in [-0.39, 0.29) is 21.4 Å². The van der Waals surface area contributed by atoms with Crippen molar-refractivity contribution in [1.82, 2.24) is 4.98 Å². The molecule has 0 saturated carbocycles. The van der Waals surface area contributed by atoms with Gasteiger partial charge in [-0.25, -0.2) is 13.4 Å². The summed E-state index contributed by atoms with van der Waals surface area (Å²) in [5.41, 5.74) is 2.21. The van der Waals surface area contributed by atoms with Gasteiger partial charge in [0, 0.05) is 17.9 Å². The number of nitrogens with zero attached hydrogens (tertiary/aromatic N) is 2. The van der Waals surface area contributed by atoms with E-state index in [2.05, 4.69) is 10.3 Å². The molecule has 0 aliphatic heterocycles. The Hall–Kier alpha value is -2.72. The quantitative estimate of drug-likeness (QED) is 0.502. The topological polar surface area (TPSA) is 115 Å². The average Bonchev–Trinajstić information content (AvgIpc) is 3.20. The molecular formula is C16H15N3O5S2. The first-order valence-corrected chi connectivity index (χ1v) is 10.2.